The van der Waals surface area contributed by atoms with Crippen molar-refractivity contribution in [3.63, 3.8) is 0 Å². The highest BCUT2D eigenvalue weighted by Crippen LogP contribution is 2.36. The molecule has 0 aliphatic carbocycles. The highest BCUT2D eigenvalue weighted by Gasteiger charge is 2.31. The first-order valence-electron chi connectivity index (χ1n) is 7.85. The van der Waals surface area contributed by atoms with Gasteiger partial charge in [-0.15, -0.1) is 0 Å². The summed E-state index contributed by atoms with van der Waals surface area (Å²) in [6, 6.07) is 9.66. The molecule has 2 aromatic carbocycles. The Morgan fingerprint density at radius 1 is 1.26 bits per heavy atom. The molecule has 0 saturated heterocycles. The molecule has 1 unspecified atom stereocenters. The Bertz CT molecular complexity index is 1000. The van der Waals surface area contributed by atoms with Gasteiger partial charge in [-0.1, -0.05) is 23.2 Å². The Hall–Kier alpha value is -1.48. The van der Waals surface area contributed by atoms with E-state index in [9.17, 15) is 13.2 Å². The molecule has 0 fully saturated rings. The van der Waals surface area contributed by atoms with Gasteiger partial charge in [0, 0.05) is 28.1 Å². The van der Waals surface area contributed by atoms with Crippen LogP contribution < -0.4 is 14.4 Å². The zero-order valence-corrected chi connectivity index (χ0v) is 18.0. The summed E-state index contributed by atoms with van der Waals surface area (Å²) < 4.78 is 32.0. The van der Waals surface area contributed by atoms with Crippen LogP contribution in [-0.2, 0) is 14.8 Å². The van der Waals surface area contributed by atoms with Gasteiger partial charge in [0.2, 0.25) is 10.0 Å². The third kappa shape index (κ3) is 4.68. The van der Waals surface area contributed by atoms with E-state index in [1.54, 1.807) is 30.3 Å². The predicted octanol–water partition coefficient (Wildman–Crippen LogP) is 4.31. The van der Waals surface area contributed by atoms with Gasteiger partial charge in [0.25, 0.3) is 5.91 Å². The molecule has 1 heterocycles. The Kier molecular flexibility index (Phi) is 5.90. The molecule has 1 N–H and O–H groups in total. The van der Waals surface area contributed by atoms with Crippen LogP contribution in [0.1, 0.15) is 6.42 Å². The second-order valence-electron chi connectivity index (χ2n) is 5.96. The van der Waals surface area contributed by atoms with Gasteiger partial charge in [-0.2, -0.15) is 0 Å². The number of rotatable bonds is 3. The number of carbonyl (C=O) groups is 1. The van der Waals surface area contributed by atoms with Gasteiger partial charge in [0.15, 0.2) is 6.10 Å². The fraction of sp³-hybridized carbons (Fsp3) is 0.235. The molecule has 1 amide bonds. The minimum absolute atomic E-state index is 0.0886. The van der Waals surface area contributed by atoms with Crippen LogP contribution in [-0.4, -0.2) is 33.2 Å². The van der Waals surface area contributed by atoms with Crippen LogP contribution in [0.5, 0.6) is 5.75 Å². The standard InChI is InChI=1S/C17H15BrCl2N2O4S/c1-27(24,25)22-7-6-16(26-15-5-2-10(19)8-14(15)22)17(23)21-11-3-4-12(18)13(20)9-11/h2-5,8-9,16H,6-7H2,1H3,(H,21,23). The molecule has 0 aromatic heterocycles. The van der Waals surface area contributed by atoms with E-state index in [4.69, 9.17) is 27.9 Å². The minimum atomic E-state index is -3.56. The minimum Gasteiger partial charge on any atom is -0.478 e. The zero-order valence-electron chi connectivity index (χ0n) is 14.1. The molecule has 1 aliphatic heterocycles. The predicted molar refractivity (Wildman–Crippen MR) is 110 cm³/mol. The average molecular weight is 494 g/mol. The number of sulfonamides is 1. The molecule has 0 saturated carbocycles. The van der Waals surface area contributed by atoms with Gasteiger partial charge < -0.3 is 10.1 Å². The number of nitrogens with one attached hydrogen (secondary N) is 1. The van der Waals surface area contributed by atoms with E-state index < -0.39 is 22.0 Å². The maximum Gasteiger partial charge on any atom is 0.265 e. The molecule has 10 heteroatoms. The monoisotopic (exact) mass is 492 g/mol. The normalized spacial score (nSPS) is 16.9. The fourth-order valence-corrected chi connectivity index (χ4v) is 4.21. The number of anilines is 2. The molecular formula is C17H15BrCl2N2O4S. The van der Waals surface area contributed by atoms with Crippen molar-refractivity contribution in [3.8, 4) is 5.75 Å². The third-order valence-corrected chi connectivity index (χ3v) is 6.58. The van der Waals surface area contributed by atoms with Crippen molar-refractivity contribution in [2.45, 2.75) is 12.5 Å². The van der Waals surface area contributed by atoms with Crippen LogP contribution in [0, 0.1) is 0 Å². The van der Waals surface area contributed by atoms with Crippen LogP contribution in [0.4, 0.5) is 11.4 Å². The first-order chi connectivity index (χ1) is 12.6. The first-order valence-corrected chi connectivity index (χ1v) is 11.2. The molecule has 0 bridgehead atoms. The van der Waals surface area contributed by atoms with Crippen molar-refractivity contribution in [2.75, 3.05) is 22.4 Å². The average Bonchev–Trinajstić information content (AvgIpc) is 2.77. The lowest BCUT2D eigenvalue weighted by Gasteiger charge is -2.21. The molecule has 27 heavy (non-hydrogen) atoms. The largest absolute Gasteiger partial charge is 0.478 e. The van der Waals surface area contributed by atoms with Gasteiger partial charge in [-0.05, 0) is 52.3 Å². The fourth-order valence-electron chi connectivity index (χ4n) is 2.68. The summed E-state index contributed by atoms with van der Waals surface area (Å²) in [6.45, 7) is 0.0886. The molecule has 0 radical (unpaired) electrons. The summed E-state index contributed by atoms with van der Waals surface area (Å²) in [5, 5.41) is 3.57. The lowest BCUT2D eigenvalue weighted by Crippen LogP contribution is -2.35. The van der Waals surface area contributed by atoms with E-state index in [2.05, 4.69) is 21.2 Å². The second kappa shape index (κ2) is 7.87. The summed E-state index contributed by atoms with van der Waals surface area (Å²) in [5.74, 6) is -0.124. The number of hydrogen-bond acceptors (Lipinski definition) is 4. The molecule has 0 spiro atoms. The molecule has 144 valence electrons. The Morgan fingerprint density at radius 3 is 2.67 bits per heavy atom. The van der Waals surface area contributed by atoms with Gasteiger partial charge in [-0.3, -0.25) is 9.10 Å². The molecule has 2 aromatic rings. The van der Waals surface area contributed by atoms with E-state index in [1.807, 2.05) is 0 Å². The molecule has 1 aliphatic rings. The van der Waals surface area contributed by atoms with Gasteiger partial charge in [0.05, 0.1) is 17.0 Å². The lowest BCUT2D eigenvalue weighted by atomic mass is 10.2. The summed E-state index contributed by atoms with van der Waals surface area (Å²) in [4.78, 5) is 12.7. The van der Waals surface area contributed by atoms with Crippen molar-refractivity contribution < 1.29 is 17.9 Å². The quantitative estimate of drug-likeness (QED) is 0.691. The number of carbonyl (C=O) groups excluding carboxylic acids is 1. The van der Waals surface area contributed by atoms with Crippen LogP contribution in [0.25, 0.3) is 0 Å². The number of halogens is 3. The molecule has 1 atom stereocenters. The van der Waals surface area contributed by atoms with Crippen molar-refractivity contribution in [2.24, 2.45) is 0 Å². The molecular weight excluding hydrogens is 479 g/mol. The van der Waals surface area contributed by atoms with E-state index in [-0.39, 0.29) is 18.7 Å². The smallest absolute Gasteiger partial charge is 0.265 e. The number of nitrogens with zero attached hydrogens (tertiary/aromatic N) is 1. The van der Waals surface area contributed by atoms with E-state index in [0.29, 0.717) is 25.9 Å². The highest BCUT2D eigenvalue weighted by atomic mass is 79.9. The summed E-state index contributed by atoms with van der Waals surface area (Å²) in [5.41, 5.74) is 0.823. The summed E-state index contributed by atoms with van der Waals surface area (Å²) in [6.07, 6.45) is 0.399. The van der Waals surface area contributed by atoms with Gasteiger partial charge >= 0.3 is 0 Å². The van der Waals surface area contributed by atoms with Gasteiger partial charge in [0.1, 0.15) is 5.75 Å². The maximum absolute atomic E-state index is 12.7. The van der Waals surface area contributed by atoms with Crippen molar-refractivity contribution in [3.05, 3.63) is 50.9 Å². The van der Waals surface area contributed by atoms with Crippen LogP contribution in [0.3, 0.4) is 0 Å². The van der Waals surface area contributed by atoms with Crippen LogP contribution in [0.15, 0.2) is 40.9 Å². The van der Waals surface area contributed by atoms with Crippen molar-refractivity contribution in [1.82, 2.24) is 0 Å². The second-order valence-corrected chi connectivity index (χ2v) is 9.57. The topological polar surface area (TPSA) is 75.7 Å². The number of fused-ring (bicyclic) bond motifs is 1. The van der Waals surface area contributed by atoms with Crippen molar-refractivity contribution in [1.29, 1.82) is 0 Å². The number of amides is 1. The number of ether oxygens (including phenoxy) is 1. The van der Waals surface area contributed by atoms with E-state index in [0.717, 1.165) is 6.26 Å². The van der Waals surface area contributed by atoms with Crippen molar-refractivity contribution >= 4 is 66.4 Å². The van der Waals surface area contributed by atoms with E-state index >= 15 is 0 Å². The van der Waals surface area contributed by atoms with E-state index in [1.165, 1.54) is 10.4 Å². The zero-order chi connectivity index (χ0) is 19.8. The highest BCUT2D eigenvalue weighted by molar-refractivity contribution is 9.10. The summed E-state index contributed by atoms with van der Waals surface area (Å²) >= 11 is 15.3. The SMILES string of the molecule is CS(=O)(=O)N1CCC(C(=O)Nc2ccc(Br)c(Cl)c2)Oc2ccc(Cl)cc21. The van der Waals surface area contributed by atoms with Crippen LogP contribution >= 0.6 is 39.1 Å². The Morgan fingerprint density at radius 2 is 2.00 bits per heavy atom. The Balaban J connectivity index is 1.87. The molecule has 6 nitrogen and oxygen atoms in total. The number of hydrogen-bond donors (Lipinski definition) is 1. The van der Waals surface area contributed by atoms with Gasteiger partial charge in [-0.25, -0.2) is 8.42 Å². The van der Waals surface area contributed by atoms with Crippen LogP contribution in [0.2, 0.25) is 10.0 Å². The summed E-state index contributed by atoms with van der Waals surface area (Å²) in [7, 11) is -3.56. The number of benzene rings is 2. The molecule has 3 rings (SSSR count). The first kappa shape index (κ1) is 20.3. The third-order valence-electron chi connectivity index (χ3n) is 3.93. The maximum atomic E-state index is 12.7. The Labute approximate surface area is 175 Å². The lowest BCUT2D eigenvalue weighted by molar-refractivity contribution is -0.122.